The number of nitrogens with one attached hydrogen (secondary N) is 1. The van der Waals surface area contributed by atoms with Crippen LogP contribution in [0.2, 0.25) is 0 Å². The van der Waals surface area contributed by atoms with Crippen LogP contribution >= 0.6 is 0 Å². The summed E-state index contributed by atoms with van der Waals surface area (Å²) < 4.78 is 9.23. The number of nitro benzene ring substituents is 1. The number of aliphatic hydroxyl groups is 1. The highest BCUT2D eigenvalue weighted by Gasteiger charge is 2.21. The van der Waals surface area contributed by atoms with Gasteiger partial charge in [-0.1, -0.05) is 18.2 Å². The molecule has 1 unspecified atom stereocenters. The number of benzene rings is 2. The van der Waals surface area contributed by atoms with E-state index in [-0.39, 0.29) is 36.0 Å². The average Bonchev–Trinajstić information content (AvgIpc) is 3.24. The number of aromatic nitrogens is 4. The molecule has 2 aromatic carbocycles. The molecule has 0 aliphatic rings. The molecule has 0 aliphatic heterocycles. The van der Waals surface area contributed by atoms with Crippen LogP contribution < -0.4 is 21.4 Å². The van der Waals surface area contributed by atoms with Crippen molar-refractivity contribution in [2.24, 2.45) is 19.2 Å². The van der Waals surface area contributed by atoms with Crippen molar-refractivity contribution in [3.8, 4) is 5.75 Å². The number of hydrazone groups is 1. The van der Waals surface area contributed by atoms with Crippen LogP contribution in [-0.2, 0) is 20.6 Å². The topological polar surface area (TPSA) is 159 Å². The van der Waals surface area contributed by atoms with Gasteiger partial charge in [0.25, 0.3) is 11.2 Å². The van der Waals surface area contributed by atoms with E-state index in [0.29, 0.717) is 11.3 Å². The first-order chi connectivity index (χ1) is 17.3. The number of hydrogen-bond donors (Lipinski definition) is 2. The number of anilines is 1. The van der Waals surface area contributed by atoms with Crippen LogP contribution in [0.25, 0.3) is 11.2 Å². The number of aliphatic hydroxyl groups excluding tert-OH is 1. The first-order valence-electron chi connectivity index (χ1n) is 10.8. The Morgan fingerprint density at radius 2 is 1.83 bits per heavy atom. The molecular weight excluding hydrogens is 470 g/mol. The zero-order chi connectivity index (χ0) is 25.8. The number of para-hydroxylation sites is 1. The van der Waals surface area contributed by atoms with Gasteiger partial charge in [0.15, 0.2) is 11.2 Å². The van der Waals surface area contributed by atoms with Crippen LogP contribution in [0.15, 0.2) is 69.3 Å². The smallest absolute Gasteiger partial charge is 0.332 e. The number of aryl methyl sites for hydroxylation is 1. The Morgan fingerprint density at radius 1 is 1.14 bits per heavy atom. The number of nitrogens with zero attached hydrogens (tertiary/aromatic N) is 6. The Labute approximate surface area is 203 Å². The average molecular weight is 493 g/mol. The normalized spacial score (nSPS) is 12.2. The van der Waals surface area contributed by atoms with E-state index < -0.39 is 22.3 Å². The number of hydrogen-bond acceptors (Lipinski definition) is 9. The van der Waals surface area contributed by atoms with Crippen LogP contribution in [0, 0.1) is 10.1 Å². The van der Waals surface area contributed by atoms with Gasteiger partial charge in [-0.25, -0.2) is 10.2 Å². The fraction of sp³-hybridized carbons (Fsp3) is 0.217. The summed E-state index contributed by atoms with van der Waals surface area (Å²) in [7, 11) is 2.84. The summed E-state index contributed by atoms with van der Waals surface area (Å²) in [6.45, 7) is -0.132. The molecule has 0 spiro atoms. The lowest BCUT2D eigenvalue weighted by molar-refractivity contribution is -0.384. The second kappa shape index (κ2) is 10.2. The van der Waals surface area contributed by atoms with Gasteiger partial charge in [-0.05, 0) is 29.8 Å². The molecule has 4 rings (SSSR count). The van der Waals surface area contributed by atoms with Crippen LogP contribution in [-0.4, -0.2) is 47.6 Å². The molecule has 36 heavy (non-hydrogen) atoms. The Hall–Kier alpha value is -4.78. The van der Waals surface area contributed by atoms with Gasteiger partial charge in [0.1, 0.15) is 18.5 Å². The van der Waals surface area contributed by atoms with Crippen molar-refractivity contribution in [2.45, 2.75) is 12.6 Å². The summed E-state index contributed by atoms with van der Waals surface area (Å²) in [6, 6.07) is 14.7. The lowest BCUT2D eigenvalue weighted by Crippen LogP contribution is -2.38. The molecule has 4 aromatic rings. The fourth-order valence-electron chi connectivity index (χ4n) is 3.53. The van der Waals surface area contributed by atoms with Crippen LogP contribution in [0.3, 0.4) is 0 Å². The summed E-state index contributed by atoms with van der Waals surface area (Å²) in [6.07, 6.45) is 0.392. The van der Waals surface area contributed by atoms with Gasteiger partial charge in [-0.15, -0.1) is 0 Å². The van der Waals surface area contributed by atoms with E-state index in [1.54, 1.807) is 24.3 Å². The first kappa shape index (κ1) is 24.3. The maximum atomic E-state index is 12.9. The number of ether oxygens (including phenoxy) is 1. The highest BCUT2D eigenvalue weighted by molar-refractivity contribution is 5.81. The van der Waals surface area contributed by atoms with Gasteiger partial charge in [-0.2, -0.15) is 10.1 Å². The second-order valence-corrected chi connectivity index (χ2v) is 7.92. The molecule has 13 heteroatoms. The molecule has 186 valence electrons. The number of non-ortho nitro benzene ring substituents is 1. The lowest BCUT2D eigenvalue weighted by Gasteiger charge is -2.15. The zero-order valence-electron chi connectivity index (χ0n) is 19.4. The Kier molecular flexibility index (Phi) is 6.92. The van der Waals surface area contributed by atoms with Gasteiger partial charge in [-0.3, -0.25) is 24.0 Å². The third-order valence-electron chi connectivity index (χ3n) is 5.41. The fourth-order valence-corrected chi connectivity index (χ4v) is 3.53. The Morgan fingerprint density at radius 3 is 2.50 bits per heavy atom. The molecule has 2 aromatic heterocycles. The quantitative estimate of drug-likeness (QED) is 0.200. The predicted octanol–water partition coefficient (Wildman–Crippen LogP) is 1.23. The highest BCUT2D eigenvalue weighted by atomic mass is 16.6. The predicted molar refractivity (Wildman–Crippen MR) is 132 cm³/mol. The summed E-state index contributed by atoms with van der Waals surface area (Å²) >= 11 is 0. The van der Waals surface area contributed by atoms with Gasteiger partial charge >= 0.3 is 5.69 Å². The van der Waals surface area contributed by atoms with Gasteiger partial charge in [0.05, 0.1) is 17.7 Å². The number of rotatable bonds is 9. The standard InChI is InChI=1S/C23H23N7O6/c1-27-20-19(21(32)28(2)23(27)33)29(13-17(31)14-36-18-6-4-3-5-7-18)22(25-20)26-24-12-15-8-10-16(11-9-15)30(34)35/h3-12,17,31H,13-14H2,1-2H3,(H,25,26). The summed E-state index contributed by atoms with van der Waals surface area (Å²) in [5.41, 5.74) is 2.35. The first-order valence-corrected chi connectivity index (χ1v) is 10.8. The molecule has 0 amide bonds. The number of nitro groups is 1. The van der Waals surface area contributed by atoms with Gasteiger partial charge in [0, 0.05) is 26.2 Å². The van der Waals surface area contributed by atoms with E-state index in [4.69, 9.17) is 4.74 Å². The second-order valence-electron chi connectivity index (χ2n) is 7.92. The molecule has 0 fully saturated rings. The van der Waals surface area contributed by atoms with E-state index in [2.05, 4.69) is 15.5 Å². The van der Waals surface area contributed by atoms with Crippen LogP contribution in [0.5, 0.6) is 5.75 Å². The molecule has 2 N–H and O–H groups in total. The minimum absolute atomic E-state index is 0.0506. The minimum atomic E-state index is -1.02. The lowest BCUT2D eigenvalue weighted by atomic mass is 10.2. The molecule has 0 aliphatic carbocycles. The summed E-state index contributed by atoms with van der Waals surface area (Å²) in [4.78, 5) is 40.0. The van der Waals surface area contributed by atoms with Crippen molar-refractivity contribution >= 4 is 29.0 Å². The third kappa shape index (κ3) is 5.00. The van der Waals surface area contributed by atoms with Gasteiger partial charge < -0.3 is 14.4 Å². The van der Waals surface area contributed by atoms with Crippen molar-refractivity contribution in [2.75, 3.05) is 12.0 Å². The minimum Gasteiger partial charge on any atom is -0.491 e. The van der Waals surface area contributed by atoms with Gasteiger partial charge in [0.2, 0.25) is 5.95 Å². The Balaban J connectivity index is 1.64. The monoisotopic (exact) mass is 493 g/mol. The van der Waals surface area contributed by atoms with Crippen molar-refractivity contribution in [3.05, 3.63) is 91.1 Å². The molecule has 2 heterocycles. The molecule has 1 atom stereocenters. The Bertz CT molecular complexity index is 1540. The van der Waals surface area contributed by atoms with E-state index in [0.717, 1.165) is 4.57 Å². The van der Waals surface area contributed by atoms with E-state index in [9.17, 15) is 24.8 Å². The maximum Gasteiger partial charge on any atom is 0.332 e. The number of fused-ring (bicyclic) bond motifs is 1. The van der Waals surface area contributed by atoms with Crippen molar-refractivity contribution in [1.29, 1.82) is 0 Å². The van der Waals surface area contributed by atoms with E-state index in [1.807, 2.05) is 6.07 Å². The van der Waals surface area contributed by atoms with E-state index >= 15 is 0 Å². The maximum absolute atomic E-state index is 12.9. The van der Waals surface area contributed by atoms with Crippen molar-refractivity contribution in [3.63, 3.8) is 0 Å². The summed E-state index contributed by atoms with van der Waals surface area (Å²) in [5.74, 6) is 0.691. The zero-order valence-corrected chi connectivity index (χ0v) is 19.4. The molecular formula is C23H23N7O6. The highest BCUT2D eigenvalue weighted by Crippen LogP contribution is 2.17. The summed E-state index contributed by atoms with van der Waals surface area (Å²) in [5, 5.41) is 25.6. The van der Waals surface area contributed by atoms with Crippen LogP contribution in [0.4, 0.5) is 11.6 Å². The molecule has 13 nitrogen and oxygen atoms in total. The van der Waals surface area contributed by atoms with Crippen LogP contribution in [0.1, 0.15) is 5.56 Å². The van der Waals surface area contributed by atoms with Crippen molar-refractivity contribution < 1.29 is 14.8 Å². The molecule has 0 bridgehead atoms. The van der Waals surface area contributed by atoms with E-state index in [1.165, 1.54) is 53.7 Å². The van der Waals surface area contributed by atoms with Crippen molar-refractivity contribution in [1.82, 2.24) is 18.7 Å². The molecule has 0 saturated carbocycles. The largest absolute Gasteiger partial charge is 0.491 e. The number of imidazole rings is 1. The molecule has 0 saturated heterocycles. The SMILES string of the molecule is Cn1c(=O)c2c(nc(NN=Cc3ccc([N+](=O)[O-])cc3)n2CC(O)COc2ccccc2)n(C)c1=O. The molecule has 0 radical (unpaired) electrons. The third-order valence-corrected chi connectivity index (χ3v) is 5.41.